The second kappa shape index (κ2) is 4.58. The lowest BCUT2D eigenvalue weighted by Gasteiger charge is -2.01. The zero-order valence-electron chi connectivity index (χ0n) is 6.13. The fourth-order valence-electron chi connectivity index (χ4n) is 0.651. The van der Waals surface area contributed by atoms with Crippen molar-refractivity contribution in [3.05, 3.63) is 9.54 Å². The van der Waals surface area contributed by atoms with Crippen LogP contribution < -0.4 is 5.32 Å². The van der Waals surface area contributed by atoms with Gasteiger partial charge in [0.05, 0.1) is 0 Å². The van der Waals surface area contributed by atoms with Gasteiger partial charge in [-0.3, -0.25) is 0 Å². The molecule has 0 amide bonds. The number of nitrogens with zero attached hydrogens (tertiary/aromatic N) is 1. The van der Waals surface area contributed by atoms with Crippen molar-refractivity contribution in [2.24, 2.45) is 0 Å². The summed E-state index contributed by atoms with van der Waals surface area (Å²) in [6.07, 6.45) is 0. The van der Waals surface area contributed by atoms with Crippen molar-refractivity contribution in [3.8, 4) is 0 Å². The predicted octanol–water partition coefficient (Wildman–Crippen LogP) is 1.54. The van der Waals surface area contributed by atoms with E-state index < -0.39 is 0 Å². The van der Waals surface area contributed by atoms with Gasteiger partial charge < -0.3 is 15.3 Å². The molecule has 0 radical (unpaired) electrons. The first kappa shape index (κ1) is 9.69. The highest BCUT2D eigenvalue weighted by Gasteiger charge is 1.91. The van der Waals surface area contributed by atoms with Crippen LogP contribution >= 0.6 is 37.1 Å². The van der Waals surface area contributed by atoms with Crippen LogP contribution in [0.5, 0.6) is 0 Å². The molecule has 66 valence electrons. The summed E-state index contributed by atoms with van der Waals surface area (Å²) in [4.78, 5) is 9.47. The van der Waals surface area contributed by atoms with E-state index in [-0.39, 0.29) is 0 Å². The molecule has 7 heteroatoms. The van der Waals surface area contributed by atoms with E-state index in [1.54, 1.807) is 0 Å². The molecule has 3 N–H and O–H groups in total. The van der Waals surface area contributed by atoms with Crippen molar-refractivity contribution in [3.63, 3.8) is 0 Å². The zero-order chi connectivity index (χ0) is 8.97. The van der Waals surface area contributed by atoms with Gasteiger partial charge in [0.2, 0.25) is 10.7 Å². The summed E-state index contributed by atoms with van der Waals surface area (Å²) >= 11 is 13.7. The maximum absolute atomic E-state index is 4.86. The van der Waals surface area contributed by atoms with Crippen LogP contribution in [0, 0.1) is 9.54 Å². The topological polar surface area (TPSA) is 56.5 Å². The van der Waals surface area contributed by atoms with Crippen molar-refractivity contribution in [2.75, 3.05) is 17.6 Å². The van der Waals surface area contributed by atoms with E-state index in [0.29, 0.717) is 15.5 Å². The Bertz CT molecular complexity index is 326. The summed E-state index contributed by atoms with van der Waals surface area (Å²) in [6, 6.07) is 0. The minimum atomic E-state index is 0.375. The van der Waals surface area contributed by atoms with E-state index >= 15 is 0 Å². The smallest absolute Gasteiger partial charge is 0.205 e. The molecule has 0 saturated carbocycles. The van der Waals surface area contributed by atoms with E-state index in [9.17, 15) is 0 Å². The van der Waals surface area contributed by atoms with Gasteiger partial charge in [-0.1, -0.05) is 0 Å². The van der Waals surface area contributed by atoms with Crippen LogP contribution in [-0.4, -0.2) is 27.2 Å². The van der Waals surface area contributed by atoms with E-state index in [1.165, 1.54) is 0 Å². The molecule has 0 unspecified atom stereocenters. The highest BCUT2D eigenvalue weighted by atomic mass is 32.1. The van der Waals surface area contributed by atoms with Crippen molar-refractivity contribution in [1.29, 1.82) is 0 Å². The van der Waals surface area contributed by atoms with E-state index in [4.69, 9.17) is 24.4 Å². The Labute approximate surface area is 85.2 Å². The monoisotopic (exact) mass is 220 g/mol. The van der Waals surface area contributed by atoms with Crippen LogP contribution in [0.15, 0.2) is 0 Å². The third-order valence-electron chi connectivity index (χ3n) is 1.07. The predicted molar refractivity (Wildman–Crippen MR) is 56.9 cm³/mol. The Kier molecular flexibility index (Phi) is 3.70. The lowest BCUT2D eigenvalue weighted by molar-refractivity contribution is 0.986. The number of aromatic nitrogens is 3. The van der Waals surface area contributed by atoms with Gasteiger partial charge in [0.1, 0.15) is 0 Å². The number of hydrogen-bond acceptors (Lipinski definition) is 5. The maximum atomic E-state index is 4.86. The fourth-order valence-corrected chi connectivity index (χ4v) is 1.21. The minimum Gasteiger partial charge on any atom is -0.355 e. The summed E-state index contributed by atoms with van der Waals surface area (Å²) in [5.74, 6) is 1.31. The SMILES string of the molecule is S=c1nc(NCCS)[nH]c(=S)[nH]1. The van der Waals surface area contributed by atoms with Gasteiger partial charge in [-0.25, -0.2) is 0 Å². The largest absolute Gasteiger partial charge is 0.355 e. The summed E-state index contributed by atoms with van der Waals surface area (Å²) in [5.41, 5.74) is 0. The lowest BCUT2D eigenvalue weighted by Crippen LogP contribution is -2.07. The molecule has 0 aromatic carbocycles. The molecule has 1 heterocycles. The second-order valence-electron chi connectivity index (χ2n) is 2.00. The Hall–Kier alpha value is -0.400. The van der Waals surface area contributed by atoms with Gasteiger partial charge in [-0.2, -0.15) is 17.6 Å². The van der Waals surface area contributed by atoms with E-state index in [1.807, 2.05) is 0 Å². The standard InChI is InChI=1S/C5H8N4S3/c10-2-1-6-3-7-4(11)9-5(12)8-3/h10H,1-2H2,(H3,6,7,8,9,11,12). The molecule has 1 aromatic heterocycles. The average Bonchev–Trinajstić information content (AvgIpc) is 1.99. The maximum Gasteiger partial charge on any atom is 0.205 e. The molecule has 12 heavy (non-hydrogen) atoms. The van der Waals surface area contributed by atoms with Crippen LogP contribution in [0.25, 0.3) is 0 Å². The molecule has 1 aromatic rings. The summed E-state index contributed by atoms with van der Waals surface area (Å²) in [7, 11) is 0. The van der Waals surface area contributed by atoms with Crippen LogP contribution in [0.2, 0.25) is 0 Å². The quantitative estimate of drug-likeness (QED) is 0.461. The van der Waals surface area contributed by atoms with Gasteiger partial charge in [-0.05, 0) is 24.4 Å². The molecule has 0 aliphatic rings. The Morgan fingerprint density at radius 3 is 2.75 bits per heavy atom. The van der Waals surface area contributed by atoms with Crippen LogP contribution in [0.4, 0.5) is 5.95 Å². The van der Waals surface area contributed by atoms with E-state index in [2.05, 4.69) is 32.9 Å². The number of rotatable bonds is 3. The third kappa shape index (κ3) is 2.92. The number of hydrogen-bond donors (Lipinski definition) is 4. The highest BCUT2D eigenvalue weighted by Crippen LogP contribution is 1.94. The number of thiol groups is 1. The molecule has 0 fully saturated rings. The first-order chi connectivity index (χ1) is 5.72. The van der Waals surface area contributed by atoms with Gasteiger partial charge in [0, 0.05) is 12.3 Å². The summed E-state index contributed by atoms with van der Waals surface area (Å²) in [5, 5.41) is 2.98. The van der Waals surface area contributed by atoms with E-state index in [0.717, 1.165) is 12.3 Å². The first-order valence-corrected chi connectivity index (χ1v) is 4.72. The lowest BCUT2D eigenvalue weighted by atomic mass is 10.7. The molecule has 0 aliphatic heterocycles. The van der Waals surface area contributed by atoms with Crippen LogP contribution in [0.1, 0.15) is 0 Å². The van der Waals surface area contributed by atoms with Gasteiger partial charge in [0.15, 0.2) is 4.77 Å². The highest BCUT2D eigenvalue weighted by molar-refractivity contribution is 7.80. The van der Waals surface area contributed by atoms with Crippen molar-refractivity contribution in [1.82, 2.24) is 15.0 Å². The summed E-state index contributed by atoms with van der Waals surface area (Å²) < 4.78 is 0.845. The molecule has 0 atom stereocenters. The van der Waals surface area contributed by atoms with Crippen molar-refractivity contribution in [2.45, 2.75) is 0 Å². The second-order valence-corrected chi connectivity index (χ2v) is 3.24. The molecule has 0 saturated heterocycles. The number of H-pyrrole nitrogens is 2. The molecular formula is C5H8N4S3. The fraction of sp³-hybridized carbons (Fsp3) is 0.400. The zero-order valence-corrected chi connectivity index (χ0v) is 8.65. The van der Waals surface area contributed by atoms with Gasteiger partial charge in [0.25, 0.3) is 0 Å². The van der Waals surface area contributed by atoms with Gasteiger partial charge >= 0.3 is 0 Å². The molecule has 1 rings (SSSR count). The number of anilines is 1. The Morgan fingerprint density at radius 1 is 1.42 bits per heavy atom. The molecule has 0 spiro atoms. The molecule has 0 aliphatic carbocycles. The normalized spacial score (nSPS) is 9.75. The minimum absolute atomic E-state index is 0.375. The molecular weight excluding hydrogens is 212 g/mol. The average molecular weight is 220 g/mol. The Morgan fingerprint density at radius 2 is 2.17 bits per heavy atom. The third-order valence-corrected chi connectivity index (χ3v) is 1.69. The van der Waals surface area contributed by atoms with Crippen LogP contribution in [0.3, 0.4) is 0 Å². The summed E-state index contributed by atoms with van der Waals surface area (Å²) in [6.45, 7) is 0.722. The van der Waals surface area contributed by atoms with Crippen molar-refractivity contribution < 1.29 is 0 Å². The van der Waals surface area contributed by atoms with Crippen LogP contribution in [-0.2, 0) is 0 Å². The number of aromatic amines is 2. The molecule has 0 bridgehead atoms. The number of nitrogens with one attached hydrogen (secondary N) is 3. The van der Waals surface area contributed by atoms with Gasteiger partial charge in [-0.15, -0.1) is 0 Å². The Balaban J connectivity index is 2.86. The van der Waals surface area contributed by atoms with Crippen molar-refractivity contribution >= 4 is 43.0 Å². The first-order valence-electron chi connectivity index (χ1n) is 3.28. The molecule has 4 nitrogen and oxygen atoms in total.